The monoisotopic (exact) mass is 459 g/mol. The summed E-state index contributed by atoms with van der Waals surface area (Å²) in [5.41, 5.74) is 9.00. The molecule has 0 saturated heterocycles. The summed E-state index contributed by atoms with van der Waals surface area (Å²) in [6.45, 7) is 2.99. The molecule has 0 saturated carbocycles. The second kappa shape index (κ2) is 10.6. The van der Waals surface area contributed by atoms with E-state index in [2.05, 4.69) is 73.8 Å². The Bertz CT molecular complexity index is 923. The van der Waals surface area contributed by atoms with E-state index in [0.717, 1.165) is 59.9 Å². The number of nitrogens with zero attached hydrogens (tertiary/aromatic N) is 4. The number of thioether (sulfide) groups is 1. The maximum absolute atomic E-state index is 6.16. The van der Waals surface area contributed by atoms with Crippen molar-refractivity contribution in [2.75, 3.05) is 11.5 Å². The molecule has 2 aromatic heterocycles. The third-order valence-electron chi connectivity index (χ3n) is 4.39. The summed E-state index contributed by atoms with van der Waals surface area (Å²) >= 11 is 5.20. The van der Waals surface area contributed by atoms with Gasteiger partial charge in [0.05, 0.1) is 0 Å². The van der Waals surface area contributed by atoms with Crippen molar-refractivity contribution in [2.24, 2.45) is 0 Å². The number of benzene rings is 1. The fraction of sp³-hybridized carbons (Fsp3) is 0.381. The van der Waals surface area contributed by atoms with Crippen molar-refractivity contribution >= 4 is 44.7 Å². The van der Waals surface area contributed by atoms with Crippen molar-refractivity contribution in [1.29, 1.82) is 0 Å². The van der Waals surface area contributed by atoms with Gasteiger partial charge in [0.2, 0.25) is 0 Å². The Morgan fingerprint density at radius 1 is 1.11 bits per heavy atom. The van der Waals surface area contributed by atoms with E-state index >= 15 is 0 Å². The molecule has 7 heteroatoms. The molecule has 0 aliphatic heterocycles. The van der Waals surface area contributed by atoms with Gasteiger partial charge in [0, 0.05) is 12.3 Å². The van der Waals surface area contributed by atoms with Crippen molar-refractivity contribution in [1.82, 2.24) is 19.5 Å². The van der Waals surface area contributed by atoms with Gasteiger partial charge in [-0.1, -0.05) is 61.2 Å². The van der Waals surface area contributed by atoms with Crippen LogP contribution in [0.25, 0.3) is 11.2 Å². The van der Waals surface area contributed by atoms with Crippen LogP contribution in [0.3, 0.4) is 0 Å². The fourth-order valence-corrected chi connectivity index (χ4v) is 4.28. The minimum absolute atomic E-state index is 0.445. The second-order valence-electron chi connectivity index (χ2n) is 6.56. The molecule has 2 N–H and O–H groups in total. The molecular weight excluding hydrogens is 434 g/mol. The van der Waals surface area contributed by atoms with Crippen LogP contribution in [-0.4, -0.2) is 25.3 Å². The van der Waals surface area contributed by atoms with E-state index in [1.165, 1.54) is 5.56 Å². The van der Waals surface area contributed by atoms with Crippen molar-refractivity contribution in [2.45, 2.75) is 50.7 Å². The van der Waals surface area contributed by atoms with Gasteiger partial charge in [-0.25, -0.2) is 15.0 Å². The molecular formula is C21H26BrN5S. The van der Waals surface area contributed by atoms with Gasteiger partial charge < -0.3 is 10.3 Å². The smallest absolute Gasteiger partial charge is 0.191 e. The molecule has 0 spiro atoms. The number of nitrogen functional groups attached to an aromatic ring is 1. The third kappa shape index (κ3) is 5.58. The zero-order chi connectivity index (χ0) is 19.8. The SMILES string of the molecule is CCC=CCCCn1c(Br)nc2c(N)nc(SCCCc3ccccc3)nc21. The van der Waals surface area contributed by atoms with E-state index in [9.17, 15) is 0 Å². The summed E-state index contributed by atoms with van der Waals surface area (Å²) in [5, 5.41) is 0.720. The number of rotatable bonds is 10. The van der Waals surface area contributed by atoms with Crippen LogP contribution >= 0.6 is 27.7 Å². The first-order valence-electron chi connectivity index (χ1n) is 9.70. The minimum atomic E-state index is 0.445. The summed E-state index contributed by atoms with van der Waals surface area (Å²) in [6, 6.07) is 10.5. The lowest BCUT2D eigenvalue weighted by Crippen LogP contribution is -2.02. The minimum Gasteiger partial charge on any atom is -0.382 e. The number of hydrogen-bond acceptors (Lipinski definition) is 5. The van der Waals surface area contributed by atoms with E-state index in [-0.39, 0.29) is 0 Å². The van der Waals surface area contributed by atoms with Crippen LogP contribution in [0.15, 0.2) is 52.4 Å². The average Bonchev–Trinajstić information content (AvgIpc) is 3.02. The number of allylic oxidation sites excluding steroid dienone is 2. The van der Waals surface area contributed by atoms with Crippen molar-refractivity contribution in [3.8, 4) is 0 Å². The second-order valence-corrected chi connectivity index (χ2v) is 8.33. The van der Waals surface area contributed by atoms with Gasteiger partial charge >= 0.3 is 0 Å². The van der Waals surface area contributed by atoms with Crippen LogP contribution in [0.4, 0.5) is 5.82 Å². The average molecular weight is 460 g/mol. The lowest BCUT2D eigenvalue weighted by Gasteiger charge is -2.06. The molecule has 0 fully saturated rings. The number of nitrogens with two attached hydrogens (primary N) is 1. The molecule has 1 aromatic carbocycles. The van der Waals surface area contributed by atoms with E-state index in [0.29, 0.717) is 11.3 Å². The lowest BCUT2D eigenvalue weighted by molar-refractivity contribution is 0.646. The Balaban J connectivity index is 1.64. The molecule has 148 valence electrons. The highest BCUT2D eigenvalue weighted by Crippen LogP contribution is 2.26. The molecule has 0 unspecified atom stereocenters. The molecule has 5 nitrogen and oxygen atoms in total. The first-order valence-corrected chi connectivity index (χ1v) is 11.5. The fourth-order valence-electron chi connectivity index (χ4n) is 2.97. The number of aryl methyl sites for hydroxylation is 2. The number of aromatic nitrogens is 4. The molecule has 3 aromatic rings. The third-order valence-corrected chi connectivity index (χ3v) is 5.93. The van der Waals surface area contributed by atoms with Crippen LogP contribution in [0.1, 0.15) is 38.2 Å². The van der Waals surface area contributed by atoms with Gasteiger partial charge in [-0.3, -0.25) is 0 Å². The van der Waals surface area contributed by atoms with Gasteiger partial charge in [0.25, 0.3) is 0 Å². The highest BCUT2D eigenvalue weighted by molar-refractivity contribution is 9.10. The van der Waals surface area contributed by atoms with Crippen LogP contribution in [-0.2, 0) is 13.0 Å². The van der Waals surface area contributed by atoms with Gasteiger partial charge in [0.1, 0.15) is 0 Å². The van der Waals surface area contributed by atoms with E-state index in [1.807, 2.05) is 6.07 Å². The number of imidazole rings is 1. The zero-order valence-electron chi connectivity index (χ0n) is 16.1. The van der Waals surface area contributed by atoms with E-state index in [1.54, 1.807) is 11.8 Å². The number of halogens is 1. The van der Waals surface area contributed by atoms with Crippen molar-refractivity contribution < 1.29 is 0 Å². The molecule has 28 heavy (non-hydrogen) atoms. The molecule has 0 radical (unpaired) electrons. The lowest BCUT2D eigenvalue weighted by atomic mass is 10.1. The van der Waals surface area contributed by atoms with Crippen LogP contribution in [0.2, 0.25) is 0 Å². The highest BCUT2D eigenvalue weighted by atomic mass is 79.9. The maximum Gasteiger partial charge on any atom is 0.191 e. The predicted molar refractivity (Wildman–Crippen MR) is 122 cm³/mol. The van der Waals surface area contributed by atoms with Crippen LogP contribution in [0, 0.1) is 0 Å². The summed E-state index contributed by atoms with van der Waals surface area (Å²) in [7, 11) is 0. The van der Waals surface area contributed by atoms with Crippen LogP contribution < -0.4 is 5.73 Å². The summed E-state index contributed by atoms with van der Waals surface area (Å²) < 4.78 is 2.84. The summed E-state index contributed by atoms with van der Waals surface area (Å²) in [6.07, 6.45) is 9.71. The van der Waals surface area contributed by atoms with Gasteiger partial charge in [-0.05, 0) is 53.6 Å². The number of anilines is 1. The molecule has 0 amide bonds. The Hall–Kier alpha value is -1.86. The Morgan fingerprint density at radius 2 is 1.93 bits per heavy atom. The first-order chi connectivity index (χ1) is 13.7. The highest BCUT2D eigenvalue weighted by Gasteiger charge is 2.15. The zero-order valence-corrected chi connectivity index (χ0v) is 18.5. The standard InChI is InChI=1S/C21H26BrN5S/c1-2-3-4-5-9-14-27-19-17(24-20(27)22)18(23)25-21(26-19)28-15-10-13-16-11-7-6-8-12-16/h3-4,6-8,11-12H,2,5,9-10,13-15H2,1H3,(H2,23,25,26). The number of hydrogen-bond donors (Lipinski definition) is 1. The first kappa shape index (κ1) is 20.9. The number of fused-ring (bicyclic) bond motifs is 1. The molecule has 0 atom stereocenters. The van der Waals surface area contributed by atoms with E-state index < -0.39 is 0 Å². The molecule has 2 heterocycles. The summed E-state index contributed by atoms with van der Waals surface area (Å²) in [4.78, 5) is 13.7. The maximum atomic E-state index is 6.16. The molecule has 0 bridgehead atoms. The predicted octanol–water partition coefficient (Wildman–Crippen LogP) is 5.64. The Labute approximate surface area is 179 Å². The van der Waals surface area contributed by atoms with Crippen LogP contribution in [0.5, 0.6) is 0 Å². The Kier molecular flexibility index (Phi) is 7.91. The van der Waals surface area contributed by atoms with Gasteiger partial charge in [-0.15, -0.1) is 0 Å². The normalized spacial score (nSPS) is 11.6. The molecule has 0 aliphatic carbocycles. The van der Waals surface area contributed by atoms with Crippen molar-refractivity contribution in [3.63, 3.8) is 0 Å². The topological polar surface area (TPSA) is 69.6 Å². The van der Waals surface area contributed by atoms with E-state index in [4.69, 9.17) is 10.7 Å². The summed E-state index contributed by atoms with van der Waals surface area (Å²) in [5.74, 6) is 1.40. The Morgan fingerprint density at radius 3 is 2.71 bits per heavy atom. The van der Waals surface area contributed by atoms with Crippen molar-refractivity contribution in [3.05, 3.63) is 52.8 Å². The molecule has 0 aliphatic rings. The quantitative estimate of drug-likeness (QED) is 0.139. The molecule has 3 rings (SSSR count). The number of unbranched alkanes of at least 4 members (excludes halogenated alkanes) is 1. The van der Waals surface area contributed by atoms with Gasteiger partial charge in [0.15, 0.2) is 26.9 Å². The van der Waals surface area contributed by atoms with Gasteiger partial charge in [-0.2, -0.15) is 0 Å². The largest absolute Gasteiger partial charge is 0.382 e.